The van der Waals surface area contributed by atoms with Gasteiger partial charge in [-0.1, -0.05) is 37.5 Å². The largest absolute Gasteiger partial charge is 0.387 e. The summed E-state index contributed by atoms with van der Waals surface area (Å²) in [7, 11) is -9.54. The molecule has 1 saturated carbocycles. The number of nitrogens with zero attached hydrogens (tertiary/aromatic N) is 5. The second-order valence-corrected chi connectivity index (χ2v) is 15.2. The Labute approximate surface area is 239 Å². The lowest BCUT2D eigenvalue weighted by molar-refractivity contribution is -0.0483. The van der Waals surface area contributed by atoms with Gasteiger partial charge in [0.15, 0.2) is 29.1 Å². The number of anilines is 2. The third kappa shape index (κ3) is 5.47. The molecule has 2 fully saturated rings. The molecule has 0 amide bonds. The summed E-state index contributed by atoms with van der Waals surface area (Å²) >= 11 is 6.45. The van der Waals surface area contributed by atoms with Gasteiger partial charge in [0.1, 0.15) is 18.3 Å². The predicted octanol–water partition coefficient (Wildman–Crippen LogP) is 2.83. The molecule has 3 aliphatic rings. The molecule has 14 nitrogen and oxygen atoms in total. The van der Waals surface area contributed by atoms with Gasteiger partial charge in [-0.15, -0.1) is 0 Å². The smallest absolute Gasteiger partial charge is 0.340 e. The Morgan fingerprint density at radius 1 is 1.07 bits per heavy atom. The van der Waals surface area contributed by atoms with Gasteiger partial charge in [-0.2, -0.15) is 9.97 Å². The Morgan fingerprint density at radius 3 is 2.54 bits per heavy atom. The molecule has 1 spiro atoms. The highest BCUT2D eigenvalue weighted by Crippen LogP contribution is 2.56. The minimum atomic E-state index is -4.84. The van der Waals surface area contributed by atoms with Crippen molar-refractivity contribution in [1.82, 2.24) is 19.5 Å². The van der Waals surface area contributed by atoms with Gasteiger partial charge in [-0.25, -0.2) is 4.98 Å². The van der Waals surface area contributed by atoms with E-state index in [2.05, 4.69) is 32.0 Å². The average molecular weight is 630 g/mol. The maximum atomic E-state index is 12.1. The van der Waals surface area contributed by atoms with Crippen molar-refractivity contribution in [3.8, 4) is 0 Å². The van der Waals surface area contributed by atoms with E-state index in [1.165, 1.54) is 16.5 Å². The molecule has 1 aromatic carbocycles. The van der Waals surface area contributed by atoms with Gasteiger partial charge in [0, 0.05) is 5.69 Å². The van der Waals surface area contributed by atoms with Crippen molar-refractivity contribution in [2.75, 3.05) is 17.4 Å². The monoisotopic (exact) mass is 629 g/mol. The van der Waals surface area contributed by atoms with Crippen LogP contribution in [0.5, 0.6) is 0 Å². The van der Waals surface area contributed by atoms with E-state index in [-0.39, 0.29) is 16.5 Å². The van der Waals surface area contributed by atoms with Crippen molar-refractivity contribution >= 4 is 49.5 Å². The van der Waals surface area contributed by atoms with Crippen LogP contribution in [0.2, 0.25) is 5.28 Å². The second-order valence-electron chi connectivity index (χ2n) is 10.9. The third-order valence-electron chi connectivity index (χ3n) is 8.01. The maximum absolute atomic E-state index is 12.1. The highest BCUT2D eigenvalue weighted by atomic mass is 35.5. The molecule has 222 valence electrons. The molecule has 2 aliphatic heterocycles. The lowest BCUT2D eigenvalue weighted by atomic mass is 9.79. The highest BCUT2D eigenvalue weighted by Gasteiger charge is 2.48. The van der Waals surface area contributed by atoms with E-state index in [1.807, 2.05) is 12.1 Å². The van der Waals surface area contributed by atoms with E-state index in [0.717, 1.165) is 44.2 Å². The first-order valence-corrected chi connectivity index (χ1v) is 17.1. The molecular formula is C24H30ClN5O9P2. The minimum Gasteiger partial charge on any atom is -0.387 e. The zero-order chi connectivity index (χ0) is 29.2. The topological polar surface area (TPSA) is 201 Å². The number of ether oxygens (including phenoxy) is 1. The summed E-state index contributed by atoms with van der Waals surface area (Å²) < 4.78 is 35.2. The van der Waals surface area contributed by atoms with Crippen molar-refractivity contribution in [3.05, 3.63) is 41.4 Å². The number of aliphatic hydroxyl groups excluding tert-OH is 2. The summed E-state index contributed by atoms with van der Waals surface area (Å²) in [5.74, 6) is -0.863. The van der Waals surface area contributed by atoms with Crippen LogP contribution < -0.4 is 4.90 Å². The van der Waals surface area contributed by atoms with Crippen LogP contribution in [-0.2, 0) is 24.8 Å². The van der Waals surface area contributed by atoms with E-state index in [9.17, 15) is 24.2 Å². The van der Waals surface area contributed by atoms with Crippen molar-refractivity contribution in [3.63, 3.8) is 0 Å². The van der Waals surface area contributed by atoms with E-state index >= 15 is 0 Å². The average Bonchev–Trinajstić information content (AvgIpc) is 3.53. The molecule has 1 aliphatic carbocycles. The molecule has 2 unspecified atom stereocenters. The summed E-state index contributed by atoms with van der Waals surface area (Å²) in [6.07, 6.45) is 1.94. The van der Waals surface area contributed by atoms with Crippen LogP contribution in [0.25, 0.3) is 11.2 Å². The minimum absolute atomic E-state index is 0.0452. The number of hydrogen-bond acceptors (Lipinski definition) is 10. The van der Waals surface area contributed by atoms with Gasteiger partial charge >= 0.3 is 15.2 Å². The molecule has 41 heavy (non-hydrogen) atoms. The van der Waals surface area contributed by atoms with Crippen LogP contribution in [0.1, 0.15) is 43.9 Å². The molecule has 2 aromatic heterocycles. The predicted molar refractivity (Wildman–Crippen MR) is 147 cm³/mol. The Balaban J connectivity index is 1.33. The van der Waals surface area contributed by atoms with E-state index < -0.39 is 52.2 Å². The lowest BCUT2D eigenvalue weighted by Crippen LogP contribution is -2.46. The molecule has 1 saturated heterocycles. The fourth-order valence-corrected chi connectivity index (χ4v) is 9.02. The number of imidazole rings is 1. The van der Waals surface area contributed by atoms with Crippen LogP contribution in [0.15, 0.2) is 30.6 Å². The van der Waals surface area contributed by atoms with Crippen LogP contribution >= 0.6 is 26.8 Å². The molecule has 5 N–H and O–H groups in total. The summed E-state index contributed by atoms with van der Waals surface area (Å²) in [6.45, 7) is -0.705. The van der Waals surface area contributed by atoms with E-state index in [4.69, 9.17) is 30.6 Å². The number of aliphatic hydroxyl groups is 2. The zero-order valence-corrected chi connectivity index (χ0v) is 24.3. The summed E-state index contributed by atoms with van der Waals surface area (Å²) in [5, 5.41) is 21.4. The number of hydrogen-bond donors (Lipinski definition) is 5. The number of benzene rings is 1. The van der Waals surface area contributed by atoms with Crippen molar-refractivity contribution in [2.45, 2.75) is 68.6 Å². The van der Waals surface area contributed by atoms with Crippen LogP contribution in [-0.4, -0.2) is 80.8 Å². The number of aromatic nitrogens is 4. The van der Waals surface area contributed by atoms with E-state index in [0.29, 0.717) is 11.3 Å². The van der Waals surface area contributed by atoms with Gasteiger partial charge in [-0.3, -0.25) is 13.7 Å². The number of para-hydroxylation sites is 1. The first-order chi connectivity index (χ1) is 19.4. The standard InChI is InChI=1S/C24H30ClN5O9P2/c25-23-27-20-17(21(28-23)30-15-7-3-2-6-14(15)10-24(30)8-4-1-5-9-24)26-12-29(20)22-19(32)18(31)16(39-22)11-38-41(36,37)13-40(33,34)35/h2-3,6-7,12,16,18-19,22,31-32H,1,4-5,8-11,13H2,(H,36,37)(H2,33,34,35)/t16-,18?,19+,22-/m1/s1. The molecule has 3 aromatic rings. The normalized spacial score (nSPS) is 27.4. The van der Waals surface area contributed by atoms with Crippen LogP contribution in [0.3, 0.4) is 0 Å². The number of fused-ring (bicyclic) bond motifs is 2. The lowest BCUT2D eigenvalue weighted by Gasteiger charge is -2.42. The van der Waals surface area contributed by atoms with Gasteiger partial charge in [0.2, 0.25) is 5.28 Å². The Kier molecular flexibility index (Phi) is 7.56. The van der Waals surface area contributed by atoms with Crippen molar-refractivity contribution in [1.29, 1.82) is 0 Å². The highest BCUT2D eigenvalue weighted by molar-refractivity contribution is 7.70. The van der Waals surface area contributed by atoms with Crippen LogP contribution in [0, 0.1) is 0 Å². The molecule has 17 heteroatoms. The van der Waals surface area contributed by atoms with Crippen LogP contribution in [0.4, 0.5) is 11.5 Å². The van der Waals surface area contributed by atoms with Crippen molar-refractivity contribution < 1.29 is 43.3 Å². The Morgan fingerprint density at radius 2 is 1.80 bits per heavy atom. The first-order valence-electron chi connectivity index (χ1n) is 13.2. The molecule has 0 radical (unpaired) electrons. The summed E-state index contributed by atoms with van der Waals surface area (Å²) in [6, 6.07) is 8.16. The summed E-state index contributed by atoms with van der Waals surface area (Å²) in [4.78, 5) is 43.6. The second kappa shape index (κ2) is 10.6. The third-order valence-corrected chi connectivity index (χ3v) is 11.6. The maximum Gasteiger partial charge on any atom is 0.340 e. The zero-order valence-electron chi connectivity index (χ0n) is 21.7. The fraction of sp³-hybridized carbons (Fsp3) is 0.542. The summed E-state index contributed by atoms with van der Waals surface area (Å²) in [5.41, 5.74) is 2.71. The van der Waals surface area contributed by atoms with Gasteiger partial charge in [0.25, 0.3) is 0 Å². The Bertz CT molecular complexity index is 1560. The van der Waals surface area contributed by atoms with Gasteiger partial charge in [0.05, 0.1) is 18.5 Å². The fourth-order valence-electron chi connectivity index (χ4n) is 6.29. The van der Waals surface area contributed by atoms with E-state index in [1.54, 1.807) is 0 Å². The molecule has 5 atom stereocenters. The number of halogens is 1. The quantitative estimate of drug-likeness (QED) is 0.189. The van der Waals surface area contributed by atoms with Gasteiger partial charge < -0.3 is 39.1 Å². The molecule has 4 heterocycles. The molecule has 6 rings (SSSR count). The first kappa shape index (κ1) is 29.1. The number of rotatable bonds is 7. The molecule has 0 bridgehead atoms. The van der Waals surface area contributed by atoms with Crippen molar-refractivity contribution in [2.24, 2.45) is 0 Å². The SMILES string of the molecule is O=P(O)(O)CP(=O)(O)OC[C@H]1O[C@@H](n2cnc3c(N4c5ccccc5CC45CCCCC5)nc(Cl)nc32)[C@@H](O)C1O. The van der Waals surface area contributed by atoms with Gasteiger partial charge in [-0.05, 0) is 42.5 Å². The molecular weight excluding hydrogens is 600 g/mol. The Hall–Kier alpha value is -1.96.